The van der Waals surface area contributed by atoms with Gasteiger partial charge in [0.2, 0.25) is 0 Å². The number of rotatable bonds is 4. The van der Waals surface area contributed by atoms with Gasteiger partial charge in [0.25, 0.3) is 0 Å². The van der Waals surface area contributed by atoms with Crippen molar-refractivity contribution in [2.75, 3.05) is 5.32 Å². The van der Waals surface area contributed by atoms with E-state index in [-0.39, 0.29) is 5.78 Å². The molecular weight excluding hydrogens is 236 g/mol. The fourth-order valence-corrected chi connectivity index (χ4v) is 1.91. The van der Waals surface area contributed by atoms with Crippen molar-refractivity contribution < 1.29 is 4.79 Å². The molecule has 19 heavy (non-hydrogen) atoms. The van der Waals surface area contributed by atoms with Gasteiger partial charge in [-0.2, -0.15) is 0 Å². The third kappa shape index (κ3) is 3.19. The molecule has 0 aliphatic rings. The summed E-state index contributed by atoms with van der Waals surface area (Å²) >= 11 is 0. The van der Waals surface area contributed by atoms with E-state index in [0.717, 1.165) is 11.4 Å². The average Bonchev–Trinajstić information content (AvgIpc) is 2.38. The number of carbonyl (C=O) groups excluding carboxylic acids is 1. The number of hydrogen-bond acceptors (Lipinski definition) is 3. The lowest BCUT2D eigenvalue weighted by molar-refractivity contribution is 0.103. The van der Waals surface area contributed by atoms with Crippen LogP contribution in [0.1, 0.15) is 35.3 Å². The summed E-state index contributed by atoms with van der Waals surface area (Å²) in [5.41, 5.74) is 2.28. The number of pyridine rings is 1. The quantitative estimate of drug-likeness (QED) is 0.850. The van der Waals surface area contributed by atoms with Gasteiger partial charge in [-0.15, -0.1) is 0 Å². The highest BCUT2D eigenvalue weighted by Crippen LogP contribution is 2.16. The Labute approximate surface area is 113 Å². The van der Waals surface area contributed by atoms with Gasteiger partial charge in [0.05, 0.1) is 0 Å². The first-order valence-corrected chi connectivity index (χ1v) is 6.41. The molecule has 0 spiro atoms. The van der Waals surface area contributed by atoms with Crippen LogP contribution in [0.5, 0.6) is 0 Å². The number of ketones is 1. The van der Waals surface area contributed by atoms with Gasteiger partial charge in [0, 0.05) is 23.4 Å². The Morgan fingerprint density at radius 2 is 1.89 bits per heavy atom. The Kier molecular flexibility index (Phi) is 3.95. The molecule has 1 heterocycles. The van der Waals surface area contributed by atoms with Crippen LogP contribution in [0, 0.1) is 6.92 Å². The normalized spacial score (nSPS) is 10.5. The van der Waals surface area contributed by atoms with Crippen molar-refractivity contribution in [3.8, 4) is 0 Å². The largest absolute Gasteiger partial charge is 0.368 e. The van der Waals surface area contributed by atoms with Crippen molar-refractivity contribution in [1.29, 1.82) is 0 Å². The third-order valence-corrected chi connectivity index (χ3v) is 2.83. The van der Waals surface area contributed by atoms with E-state index in [1.807, 2.05) is 43.3 Å². The highest BCUT2D eigenvalue weighted by molar-refractivity contribution is 6.09. The van der Waals surface area contributed by atoms with Crippen LogP contribution in [0.3, 0.4) is 0 Å². The van der Waals surface area contributed by atoms with E-state index in [1.165, 1.54) is 0 Å². The van der Waals surface area contributed by atoms with Gasteiger partial charge in [-0.05, 0) is 32.4 Å². The van der Waals surface area contributed by atoms with Crippen LogP contribution < -0.4 is 5.32 Å². The van der Waals surface area contributed by atoms with Crippen LogP contribution in [0.2, 0.25) is 0 Å². The minimum atomic E-state index is 0.0155. The molecule has 3 heteroatoms. The summed E-state index contributed by atoms with van der Waals surface area (Å²) in [6, 6.07) is 11.5. The molecule has 98 valence electrons. The molecule has 0 bridgehead atoms. The van der Waals surface area contributed by atoms with Crippen LogP contribution in [0.4, 0.5) is 5.82 Å². The number of aromatic nitrogens is 1. The fraction of sp³-hybridized carbons (Fsp3) is 0.250. The zero-order chi connectivity index (χ0) is 13.8. The summed E-state index contributed by atoms with van der Waals surface area (Å²) in [5, 5.41) is 3.23. The first kappa shape index (κ1) is 13.3. The Morgan fingerprint density at radius 3 is 2.47 bits per heavy atom. The number of benzene rings is 1. The standard InChI is InChI=1S/C16H18N2O/c1-11(2)18-15-9-12(3)14(10-17-15)16(19)13-7-5-4-6-8-13/h4-11H,1-3H3,(H,17,18). The Bertz CT molecular complexity index is 577. The predicted octanol–water partition coefficient (Wildman–Crippen LogP) is 3.44. The summed E-state index contributed by atoms with van der Waals surface area (Å²) < 4.78 is 0. The van der Waals surface area contributed by atoms with E-state index >= 15 is 0 Å². The van der Waals surface area contributed by atoms with E-state index in [9.17, 15) is 4.79 Å². The van der Waals surface area contributed by atoms with Crippen molar-refractivity contribution in [2.24, 2.45) is 0 Å². The molecule has 0 aliphatic carbocycles. The van der Waals surface area contributed by atoms with Crippen LogP contribution in [0.15, 0.2) is 42.6 Å². The van der Waals surface area contributed by atoms with Gasteiger partial charge in [-0.1, -0.05) is 30.3 Å². The molecule has 1 aromatic heterocycles. The highest BCUT2D eigenvalue weighted by atomic mass is 16.1. The lowest BCUT2D eigenvalue weighted by Gasteiger charge is -2.11. The third-order valence-electron chi connectivity index (χ3n) is 2.83. The van der Waals surface area contributed by atoms with Crippen molar-refractivity contribution in [3.63, 3.8) is 0 Å². The maximum Gasteiger partial charge on any atom is 0.194 e. The molecule has 0 atom stereocenters. The van der Waals surface area contributed by atoms with Crippen LogP contribution in [0.25, 0.3) is 0 Å². The lowest BCUT2D eigenvalue weighted by atomic mass is 10.0. The molecule has 2 rings (SSSR count). The van der Waals surface area contributed by atoms with Crippen LogP contribution in [-0.2, 0) is 0 Å². The van der Waals surface area contributed by atoms with Gasteiger partial charge in [-0.25, -0.2) is 4.98 Å². The maximum absolute atomic E-state index is 12.3. The van der Waals surface area contributed by atoms with Gasteiger partial charge < -0.3 is 5.32 Å². The second-order valence-electron chi connectivity index (χ2n) is 4.88. The Balaban J connectivity index is 2.29. The van der Waals surface area contributed by atoms with Crippen molar-refractivity contribution in [3.05, 3.63) is 59.3 Å². The molecule has 0 radical (unpaired) electrons. The number of nitrogens with one attached hydrogen (secondary N) is 1. The van der Waals surface area contributed by atoms with E-state index in [1.54, 1.807) is 6.20 Å². The second-order valence-corrected chi connectivity index (χ2v) is 4.88. The molecule has 0 fully saturated rings. The number of hydrogen-bond donors (Lipinski definition) is 1. The smallest absolute Gasteiger partial charge is 0.194 e. The number of aryl methyl sites for hydroxylation is 1. The Morgan fingerprint density at radius 1 is 1.21 bits per heavy atom. The number of nitrogens with zero attached hydrogens (tertiary/aromatic N) is 1. The van der Waals surface area contributed by atoms with Gasteiger partial charge >= 0.3 is 0 Å². The molecule has 1 N–H and O–H groups in total. The Hall–Kier alpha value is -2.16. The average molecular weight is 254 g/mol. The molecule has 0 unspecified atom stereocenters. The summed E-state index contributed by atoms with van der Waals surface area (Å²) in [7, 11) is 0. The molecule has 0 amide bonds. The summed E-state index contributed by atoms with van der Waals surface area (Å²) in [6.45, 7) is 6.05. The first-order valence-electron chi connectivity index (χ1n) is 6.41. The topological polar surface area (TPSA) is 42.0 Å². The zero-order valence-electron chi connectivity index (χ0n) is 11.5. The zero-order valence-corrected chi connectivity index (χ0v) is 11.5. The molecule has 2 aromatic rings. The van der Waals surface area contributed by atoms with Crippen LogP contribution in [-0.4, -0.2) is 16.8 Å². The summed E-state index contributed by atoms with van der Waals surface area (Å²) in [4.78, 5) is 16.6. The number of anilines is 1. The lowest BCUT2D eigenvalue weighted by Crippen LogP contribution is -2.12. The van der Waals surface area contributed by atoms with E-state index in [0.29, 0.717) is 17.2 Å². The van der Waals surface area contributed by atoms with Gasteiger partial charge in [0.15, 0.2) is 5.78 Å². The van der Waals surface area contributed by atoms with Crippen molar-refractivity contribution >= 4 is 11.6 Å². The summed E-state index contributed by atoms with van der Waals surface area (Å²) in [5.74, 6) is 0.818. The van der Waals surface area contributed by atoms with E-state index in [2.05, 4.69) is 24.1 Å². The molecule has 0 saturated carbocycles. The molecule has 0 saturated heterocycles. The van der Waals surface area contributed by atoms with E-state index < -0.39 is 0 Å². The minimum Gasteiger partial charge on any atom is -0.368 e. The maximum atomic E-state index is 12.3. The predicted molar refractivity (Wildman–Crippen MR) is 77.6 cm³/mol. The molecular formula is C16H18N2O. The molecule has 0 aliphatic heterocycles. The summed E-state index contributed by atoms with van der Waals surface area (Å²) in [6.07, 6.45) is 1.65. The van der Waals surface area contributed by atoms with Gasteiger partial charge in [0.1, 0.15) is 5.82 Å². The number of carbonyl (C=O) groups is 1. The minimum absolute atomic E-state index is 0.0155. The molecule has 1 aromatic carbocycles. The monoisotopic (exact) mass is 254 g/mol. The van der Waals surface area contributed by atoms with Gasteiger partial charge in [-0.3, -0.25) is 4.79 Å². The molecule has 3 nitrogen and oxygen atoms in total. The van der Waals surface area contributed by atoms with E-state index in [4.69, 9.17) is 0 Å². The van der Waals surface area contributed by atoms with Crippen molar-refractivity contribution in [1.82, 2.24) is 4.98 Å². The first-order chi connectivity index (χ1) is 9.08. The van der Waals surface area contributed by atoms with Crippen LogP contribution >= 0.6 is 0 Å². The fourth-order valence-electron chi connectivity index (χ4n) is 1.91. The highest BCUT2D eigenvalue weighted by Gasteiger charge is 2.12. The second kappa shape index (κ2) is 5.65. The van der Waals surface area contributed by atoms with Crippen molar-refractivity contribution in [2.45, 2.75) is 26.8 Å². The SMILES string of the molecule is Cc1cc(NC(C)C)ncc1C(=O)c1ccccc1.